The third-order valence-electron chi connectivity index (χ3n) is 4.49. The van der Waals surface area contributed by atoms with Crippen molar-refractivity contribution in [2.45, 2.75) is 25.4 Å². The smallest absolute Gasteiger partial charge is 0.273 e. The Morgan fingerprint density at radius 1 is 1.23 bits per heavy atom. The summed E-state index contributed by atoms with van der Waals surface area (Å²) in [6.07, 6.45) is 3.73. The van der Waals surface area contributed by atoms with E-state index in [9.17, 15) is 4.79 Å². The number of hydrogen-bond acceptors (Lipinski definition) is 6. The third kappa shape index (κ3) is 4.08. The van der Waals surface area contributed by atoms with Gasteiger partial charge in [-0.05, 0) is 43.6 Å². The van der Waals surface area contributed by atoms with E-state index in [4.69, 9.17) is 9.47 Å². The summed E-state index contributed by atoms with van der Waals surface area (Å²) in [5.41, 5.74) is 1.29. The summed E-state index contributed by atoms with van der Waals surface area (Å²) in [6, 6.07) is 5.98. The molecule has 4 rings (SSSR count). The molecular formula is C17H22ClN5O3. The van der Waals surface area contributed by atoms with Crippen LogP contribution in [0, 0.1) is 0 Å². The molecule has 2 aliphatic rings. The maximum absolute atomic E-state index is 12.3. The van der Waals surface area contributed by atoms with Gasteiger partial charge in [-0.3, -0.25) is 4.79 Å². The minimum Gasteiger partial charge on any atom is -0.486 e. The van der Waals surface area contributed by atoms with Crippen LogP contribution in [0.3, 0.4) is 0 Å². The van der Waals surface area contributed by atoms with Crippen molar-refractivity contribution in [1.29, 1.82) is 0 Å². The molecule has 1 aromatic carbocycles. The zero-order valence-electron chi connectivity index (χ0n) is 14.3. The van der Waals surface area contributed by atoms with Crippen molar-refractivity contribution >= 4 is 18.3 Å². The Kier molecular flexibility index (Phi) is 5.95. The van der Waals surface area contributed by atoms with Crippen LogP contribution in [0.5, 0.6) is 11.5 Å². The zero-order valence-corrected chi connectivity index (χ0v) is 15.1. The number of ether oxygens (including phenoxy) is 2. The SMILES string of the molecule is Cl.O=C(NCc1ccc2c(c1)OCCO2)c1cn(C2CCNCC2)nn1. The van der Waals surface area contributed by atoms with Crippen LogP contribution in [-0.2, 0) is 6.54 Å². The fraction of sp³-hybridized carbons (Fsp3) is 0.471. The van der Waals surface area contributed by atoms with E-state index < -0.39 is 0 Å². The van der Waals surface area contributed by atoms with Gasteiger partial charge in [0.2, 0.25) is 0 Å². The van der Waals surface area contributed by atoms with Gasteiger partial charge in [0, 0.05) is 6.54 Å². The van der Waals surface area contributed by atoms with Crippen LogP contribution in [0.15, 0.2) is 24.4 Å². The molecule has 3 heterocycles. The highest BCUT2D eigenvalue weighted by Gasteiger charge is 2.19. The molecule has 0 bridgehead atoms. The second-order valence-corrected chi connectivity index (χ2v) is 6.23. The number of carbonyl (C=O) groups excluding carboxylic acids is 1. The van der Waals surface area contributed by atoms with Gasteiger partial charge in [-0.2, -0.15) is 0 Å². The van der Waals surface area contributed by atoms with E-state index in [1.54, 1.807) is 10.9 Å². The first-order chi connectivity index (χ1) is 12.3. The van der Waals surface area contributed by atoms with Gasteiger partial charge in [0.05, 0.1) is 12.2 Å². The first-order valence-corrected chi connectivity index (χ1v) is 8.59. The van der Waals surface area contributed by atoms with Crippen molar-refractivity contribution in [3.63, 3.8) is 0 Å². The Morgan fingerprint density at radius 2 is 2.00 bits per heavy atom. The van der Waals surface area contributed by atoms with E-state index >= 15 is 0 Å². The summed E-state index contributed by atoms with van der Waals surface area (Å²) in [5, 5.41) is 14.3. The van der Waals surface area contributed by atoms with Gasteiger partial charge in [-0.15, -0.1) is 17.5 Å². The number of halogens is 1. The highest BCUT2D eigenvalue weighted by atomic mass is 35.5. The normalized spacial score (nSPS) is 16.6. The number of nitrogens with one attached hydrogen (secondary N) is 2. The second kappa shape index (κ2) is 8.37. The molecule has 2 aliphatic heterocycles. The Balaban J connectivity index is 0.00000196. The van der Waals surface area contributed by atoms with Gasteiger partial charge in [-0.1, -0.05) is 11.3 Å². The molecule has 1 amide bonds. The molecule has 1 aromatic heterocycles. The minimum absolute atomic E-state index is 0. The van der Waals surface area contributed by atoms with Crippen molar-refractivity contribution in [3.05, 3.63) is 35.7 Å². The number of aromatic nitrogens is 3. The molecule has 0 saturated carbocycles. The molecule has 8 nitrogen and oxygen atoms in total. The first kappa shape index (κ1) is 18.5. The summed E-state index contributed by atoms with van der Waals surface area (Å²) in [6.45, 7) is 3.44. The predicted molar refractivity (Wildman–Crippen MR) is 97.0 cm³/mol. The lowest BCUT2D eigenvalue weighted by Crippen LogP contribution is -2.29. The Morgan fingerprint density at radius 3 is 2.81 bits per heavy atom. The van der Waals surface area contributed by atoms with Crippen LogP contribution in [0.1, 0.15) is 34.9 Å². The fourth-order valence-corrected chi connectivity index (χ4v) is 3.10. The Hall–Kier alpha value is -2.32. The van der Waals surface area contributed by atoms with Crippen LogP contribution in [0.2, 0.25) is 0 Å². The molecule has 0 radical (unpaired) electrons. The molecule has 0 spiro atoms. The van der Waals surface area contributed by atoms with E-state index in [1.807, 2.05) is 18.2 Å². The standard InChI is InChI=1S/C17H21N5O3.ClH/c23-17(14-11-22(21-20-14)13-3-5-18-6-4-13)19-10-12-1-2-15-16(9-12)25-8-7-24-15;/h1-2,9,11,13,18H,3-8,10H2,(H,19,23);1H. The van der Waals surface area contributed by atoms with Gasteiger partial charge in [0.25, 0.3) is 5.91 Å². The topological polar surface area (TPSA) is 90.3 Å². The van der Waals surface area contributed by atoms with Crippen molar-refractivity contribution < 1.29 is 14.3 Å². The lowest BCUT2D eigenvalue weighted by atomic mass is 10.1. The number of carbonyl (C=O) groups is 1. The predicted octanol–water partition coefficient (Wildman–Crippen LogP) is 1.33. The van der Waals surface area contributed by atoms with Crippen LogP contribution in [0.4, 0.5) is 0 Å². The largest absolute Gasteiger partial charge is 0.486 e. The number of fused-ring (bicyclic) bond motifs is 1. The minimum atomic E-state index is -0.227. The molecule has 0 aliphatic carbocycles. The van der Waals surface area contributed by atoms with Gasteiger partial charge >= 0.3 is 0 Å². The van der Waals surface area contributed by atoms with Crippen LogP contribution in [0.25, 0.3) is 0 Å². The number of hydrogen-bond donors (Lipinski definition) is 2. The molecule has 2 aromatic rings. The van der Waals surface area contributed by atoms with Crippen molar-refractivity contribution in [2.75, 3.05) is 26.3 Å². The molecule has 0 unspecified atom stereocenters. The van der Waals surface area contributed by atoms with E-state index in [2.05, 4.69) is 20.9 Å². The molecule has 2 N–H and O–H groups in total. The molecular weight excluding hydrogens is 358 g/mol. The summed E-state index contributed by atoms with van der Waals surface area (Å²) >= 11 is 0. The van der Waals surface area contributed by atoms with Gasteiger partial charge in [-0.25, -0.2) is 4.68 Å². The Bertz CT molecular complexity index is 761. The number of benzene rings is 1. The quantitative estimate of drug-likeness (QED) is 0.832. The van der Waals surface area contributed by atoms with E-state index in [0.717, 1.165) is 43.0 Å². The summed E-state index contributed by atoms with van der Waals surface area (Å²) in [4.78, 5) is 12.3. The molecule has 9 heteroatoms. The van der Waals surface area contributed by atoms with Crippen LogP contribution in [-0.4, -0.2) is 47.2 Å². The van der Waals surface area contributed by atoms with Crippen molar-refractivity contribution in [2.24, 2.45) is 0 Å². The lowest BCUT2D eigenvalue weighted by molar-refractivity contribution is 0.0945. The second-order valence-electron chi connectivity index (χ2n) is 6.23. The number of rotatable bonds is 4. The maximum atomic E-state index is 12.3. The van der Waals surface area contributed by atoms with Gasteiger partial charge in [0.15, 0.2) is 17.2 Å². The highest BCUT2D eigenvalue weighted by molar-refractivity contribution is 5.91. The summed E-state index contributed by atoms with van der Waals surface area (Å²) < 4.78 is 12.9. The fourth-order valence-electron chi connectivity index (χ4n) is 3.10. The van der Waals surface area contributed by atoms with Crippen molar-refractivity contribution in [1.82, 2.24) is 25.6 Å². The van der Waals surface area contributed by atoms with E-state index in [0.29, 0.717) is 31.5 Å². The molecule has 26 heavy (non-hydrogen) atoms. The van der Waals surface area contributed by atoms with Crippen LogP contribution >= 0.6 is 12.4 Å². The first-order valence-electron chi connectivity index (χ1n) is 8.59. The lowest BCUT2D eigenvalue weighted by Gasteiger charge is -2.22. The van der Waals surface area contributed by atoms with E-state index in [-0.39, 0.29) is 18.3 Å². The average Bonchev–Trinajstić information content (AvgIpc) is 3.17. The number of piperidine rings is 1. The summed E-state index contributed by atoms with van der Waals surface area (Å²) in [7, 11) is 0. The monoisotopic (exact) mass is 379 g/mol. The zero-order chi connectivity index (χ0) is 17.1. The van der Waals surface area contributed by atoms with Gasteiger partial charge < -0.3 is 20.1 Å². The summed E-state index contributed by atoms with van der Waals surface area (Å²) in [5.74, 6) is 1.23. The van der Waals surface area contributed by atoms with Crippen molar-refractivity contribution in [3.8, 4) is 11.5 Å². The van der Waals surface area contributed by atoms with Crippen LogP contribution < -0.4 is 20.1 Å². The highest BCUT2D eigenvalue weighted by Crippen LogP contribution is 2.30. The molecule has 140 valence electrons. The Labute approximate surface area is 157 Å². The van der Waals surface area contributed by atoms with Gasteiger partial charge in [0.1, 0.15) is 13.2 Å². The number of nitrogens with zero attached hydrogens (tertiary/aromatic N) is 3. The molecule has 0 atom stereocenters. The maximum Gasteiger partial charge on any atom is 0.273 e. The van der Waals surface area contributed by atoms with E-state index in [1.165, 1.54) is 0 Å². The molecule has 1 fully saturated rings. The third-order valence-corrected chi connectivity index (χ3v) is 4.49. The molecule has 1 saturated heterocycles. The number of amides is 1. The average molecular weight is 380 g/mol.